The molecule has 0 atom stereocenters. The first-order chi connectivity index (χ1) is 12.7. The number of benzene rings is 2. The molecule has 26 heavy (non-hydrogen) atoms. The molecule has 1 heterocycles. The number of H-pyrrole nitrogens is 1. The maximum absolute atomic E-state index is 8.62. The largest absolute Gasteiger partial charge is 0.493 e. The van der Waals surface area contributed by atoms with Crippen molar-refractivity contribution in [2.45, 2.75) is 0 Å². The second-order valence-electron chi connectivity index (χ2n) is 5.13. The van der Waals surface area contributed by atoms with Crippen molar-refractivity contribution in [2.75, 3.05) is 13.7 Å². The average Bonchev–Trinajstić information content (AvgIpc) is 3.06. The van der Waals surface area contributed by atoms with Crippen LogP contribution in [0.2, 0.25) is 0 Å². The number of methoxy groups -OCH3 is 1. The molecule has 0 spiro atoms. The zero-order valence-electron chi connectivity index (χ0n) is 13.9. The standard InChI is InChI=1S/C18H15N5O2S/c1-24-16-11-13(7-8-15(16)25-10-9-19)12-20-23-17(21-22-18(23)26)14-5-3-2-4-6-14/h2-8,11-12H,10H2,1H3,(H,22,26)/b20-12+. The lowest BCUT2D eigenvalue weighted by Gasteiger charge is -2.08. The number of hydrogen-bond donors (Lipinski definition) is 1. The van der Waals surface area contributed by atoms with Crippen molar-refractivity contribution >= 4 is 18.4 Å². The van der Waals surface area contributed by atoms with Crippen LogP contribution >= 0.6 is 12.2 Å². The van der Waals surface area contributed by atoms with Gasteiger partial charge in [-0.3, -0.25) is 0 Å². The van der Waals surface area contributed by atoms with Crippen molar-refractivity contribution in [1.29, 1.82) is 5.26 Å². The van der Waals surface area contributed by atoms with E-state index in [0.29, 0.717) is 22.1 Å². The summed E-state index contributed by atoms with van der Waals surface area (Å²) in [7, 11) is 1.54. The molecule has 3 rings (SSSR count). The van der Waals surface area contributed by atoms with Gasteiger partial charge in [0.25, 0.3) is 0 Å². The number of aromatic nitrogens is 3. The number of nitrogens with zero attached hydrogens (tertiary/aromatic N) is 4. The summed E-state index contributed by atoms with van der Waals surface area (Å²) in [5.41, 5.74) is 1.68. The van der Waals surface area contributed by atoms with E-state index in [1.807, 2.05) is 42.5 Å². The van der Waals surface area contributed by atoms with Crippen LogP contribution in [0.25, 0.3) is 11.4 Å². The van der Waals surface area contributed by atoms with Gasteiger partial charge in [0.05, 0.1) is 13.3 Å². The van der Waals surface area contributed by atoms with E-state index in [0.717, 1.165) is 11.1 Å². The molecule has 1 N–H and O–H groups in total. The lowest BCUT2D eigenvalue weighted by molar-refractivity contribution is 0.329. The fourth-order valence-electron chi connectivity index (χ4n) is 2.29. The summed E-state index contributed by atoms with van der Waals surface area (Å²) in [4.78, 5) is 0. The molecule has 0 aliphatic rings. The molecule has 8 heteroatoms. The summed E-state index contributed by atoms with van der Waals surface area (Å²) >= 11 is 5.26. The van der Waals surface area contributed by atoms with Crippen LogP contribution in [-0.2, 0) is 0 Å². The van der Waals surface area contributed by atoms with E-state index >= 15 is 0 Å². The smallest absolute Gasteiger partial charge is 0.216 e. The van der Waals surface area contributed by atoms with E-state index in [-0.39, 0.29) is 6.61 Å². The van der Waals surface area contributed by atoms with Gasteiger partial charge in [-0.15, -0.1) is 0 Å². The molecule has 7 nitrogen and oxygen atoms in total. The van der Waals surface area contributed by atoms with E-state index in [1.54, 1.807) is 23.0 Å². The molecule has 0 aliphatic heterocycles. The molecule has 0 radical (unpaired) electrons. The first-order valence-corrected chi connectivity index (χ1v) is 8.08. The number of aromatic amines is 1. The van der Waals surface area contributed by atoms with E-state index in [9.17, 15) is 0 Å². The monoisotopic (exact) mass is 365 g/mol. The highest BCUT2D eigenvalue weighted by molar-refractivity contribution is 7.71. The van der Waals surface area contributed by atoms with Gasteiger partial charge < -0.3 is 9.47 Å². The third-order valence-corrected chi connectivity index (χ3v) is 3.75. The second kappa shape index (κ2) is 8.09. The summed E-state index contributed by atoms with van der Waals surface area (Å²) < 4.78 is 12.5. The van der Waals surface area contributed by atoms with Gasteiger partial charge in [-0.2, -0.15) is 20.1 Å². The van der Waals surface area contributed by atoms with Crippen molar-refractivity contribution in [2.24, 2.45) is 5.10 Å². The normalized spacial score (nSPS) is 10.6. The summed E-state index contributed by atoms with van der Waals surface area (Å²) in [5.74, 6) is 1.63. The maximum Gasteiger partial charge on any atom is 0.216 e. The van der Waals surface area contributed by atoms with Gasteiger partial charge >= 0.3 is 0 Å². The molecule has 0 unspecified atom stereocenters. The summed E-state index contributed by atoms with van der Waals surface area (Å²) in [6, 6.07) is 16.9. The fraction of sp³-hybridized carbons (Fsp3) is 0.111. The molecule has 3 aromatic rings. The van der Waals surface area contributed by atoms with Gasteiger partial charge in [-0.25, -0.2) is 5.10 Å². The zero-order valence-corrected chi connectivity index (χ0v) is 14.7. The number of ether oxygens (including phenoxy) is 2. The fourth-order valence-corrected chi connectivity index (χ4v) is 2.47. The van der Waals surface area contributed by atoms with Crippen LogP contribution in [0.1, 0.15) is 5.56 Å². The van der Waals surface area contributed by atoms with Gasteiger partial charge in [-0.05, 0) is 36.0 Å². The Balaban J connectivity index is 1.91. The van der Waals surface area contributed by atoms with Crippen LogP contribution in [0.5, 0.6) is 11.5 Å². The lowest BCUT2D eigenvalue weighted by Crippen LogP contribution is -1.98. The minimum atomic E-state index is -0.0472. The van der Waals surface area contributed by atoms with Gasteiger partial charge in [0.1, 0.15) is 6.07 Å². The van der Waals surface area contributed by atoms with Gasteiger partial charge in [0.15, 0.2) is 23.9 Å². The van der Waals surface area contributed by atoms with E-state index < -0.39 is 0 Å². The molecule has 0 aliphatic carbocycles. The number of nitrogens with one attached hydrogen (secondary N) is 1. The number of rotatable bonds is 6. The molecule has 0 fully saturated rings. The summed E-state index contributed by atoms with van der Waals surface area (Å²) in [6.07, 6.45) is 1.65. The quantitative estimate of drug-likeness (QED) is 0.534. The van der Waals surface area contributed by atoms with Gasteiger partial charge in [0, 0.05) is 5.56 Å². The average molecular weight is 365 g/mol. The molecule has 130 valence electrons. The maximum atomic E-state index is 8.62. The van der Waals surface area contributed by atoms with Crippen molar-refractivity contribution in [3.8, 4) is 29.0 Å². The summed E-state index contributed by atoms with van der Waals surface area (Å²) in [5, 5.41) is 20.0. The van der Waals surface area contributed by atoms with Crippen LogP contribution in [0, 0.1) is 16.1 Å². The Morgan fingerprint density at radius 1 is 1.27 bits per heavy atom. The van der Waals surface area contributed by atoms with Gasteiger partial charge in [0.2, 0.25) is 4.77 Å². The van der Waals surface area contributed by atoms with Crippen molar-refractivity contribution in [3.05, 3.63) is 58.9 Å². The van der Waals surface area contributed by atoms with Crippen LogP contribution in [0.4, 0.5) is 0 Å². The third kappa shape index (κ3) is 3.79. The van der Waals surface area contributed by atoms with Crippen LogP contribution in [0.15, 0.2) is 53.6 Å². The Labute approximate surface area is 155 Å². The Hall–Kier alpha value is -3.44. The predicted molar refractivity (Wildman–Crippen MR) is 99.9 cm³/mol. The molecule has 1 aromatic heterocycles. The third-order valence-electron chi connectivity index (χ3n) is 3.48. The molecule has 0 bridgehead atoms. The zero-order chi connectivity index (χ0) is 18.4. The SMILES string of the molecule is COc1cc(/C=N/n2c(-c3ccccc3)n[nH]c2=S)ccc1OCC#N. The highest BCUT2D eigenvalue weighted by Gasteiger charge is 2.08. The van der Waals surface area contributed by atoms with Crippen molar-refractivity contribution in [3.63, 3.8) is 0 Å². The first-order valence-electron chi connectivity index (χ1n) is 7.68. The van der Waals surface area contributed by atoms with Crippen LogP contribution < -0.4 is 9.47 Å². The topological polar surface area (TPSA) is 88.2 Å². The van der Waals surface area contributed by atoms with E-state index in [1.165, 1.54) is 7.11 Å². The molecular formula is C18H15N5O2S. The second-order valence-corrected chi connectivity index (χ2v) is 5.52. The minimum absolute atomic E-state index is 0.0472. The molecule has 0 saturated carbocycles. The van der Waals surface area contributed by atoms with Crippen LogP contribution in [0.3, 0.4) is 0 Å². The molecule has 0 amide bonds. The molecular weight excluding hydrogens is 350 g/mol. The highest BCUT2D eigenvalue weighted by atomic mass is 32.1. The Morgan fingerprint density at radius 2 is 2.08 bits per heavy atom. The minimum Gasteiger partial charge on any atom is -0.493 e. The summed E-state index contributed by atoms with van der Waals surface area (Å²) in [6.45, 7) is -0.0472. The van der Waals surface area contributed by atoms with Crippen molar-refractivity contribution < 1.29 is 9.47 Å². The van der Waals surface area contributed by atoms with E-state index in [2.05, 4.69) is 15.3 Å². The van der Waals surface area contributed by atoms with E-state index in [4.69, 9.17) is 27.0 Å². The highest BCUT2D eigenvalue weighted by Crippen LogP contribution is 2.27. The Bertz CT molecular complexity index is 1020. The lowest BCUT2D eigenvalue weighted by atomic mass is 10.2. The first kappa shape index (κ1) is 17.4. The predicted octanol–water partition coefficient (Wildman–Crippen LogP) is 3.40. The molecule has 0 saturated heterocycles. The Morgan fingerprint density at radius 3 is 2.81 bits per heavy atom. The Kier molecular flexibility index (Phi) is 5.41. The number of hydrogen-bond acceptors (Lipinski definition) is 6. The number of nitriles is 1. The van der Waals surface area contributed by atoms with Crippen molar-refractivity contribution in [1.82, 2.24) is 14.9 Å². The van der Waals surface area contributed by atoms with Crippen LogP contribution in [-0.4, -0.2) is 34.8 Å². The van der Waals surface area contributed by atoms with Gasteiger partial charge in [-0.1, -0.05) is 30.3 Å². The molecule has 2 aromatic carbocycles.